The molecule has 0 nitrogen and oxygen atoms in total. The van der Waals surface area contributed by atoms with Crippen molar-refractivity contribution in [2.24, 2.45) is 0 Å². The van der Waals surface area contributed by atoms with Gasteiger partial charge in [0, 0.05) is 0 Å². The molecule has 0 fully saturated rings. The number of halogens is 2. The molecule has 164 valence electrons. The van der Waals surface area contributed by atoms with Crippen LogP contribution in [-0.4, -0.2) is 12.3 Å². The zero-order chi connectivity index (χ0) is 21.9. The first kappa shape index (κ1) is 28.2. The molecule has 0 atom stereocenters. The Kier molecular flexibility index (Phi) is 18.7. The molecule has 1 aliphatic rings. The predicted octanol–water partition coefficient (Wildman–Crippen LogP) is 9.51. The Morgan fingerprint density at radius 2 is 1.60 bits per heavy atom. The Morgan fingerprint density at radius 3 is 2.07 bits per heavy atom. The van der Waals surface area contributed by atoms with Crippen molar-refractivity contribution in [3.05, 3.63) is 60.7 Å². The average molecular weight is 543 g/mol. The third kappa shape index (κ3) is 12.9. The van der Waals surface area contributed by atoms with Crippen molar-refractivity contribution in [3.63, 3.8) is 0 Å². The molecule has 30 heavy (non-hydrogen) atoms. The number of hydrogen-bond acceptors (Lipinski definition) is 0. The Balaban J connectivity index is 0.000000472. The minimum absolute atomic E-state index is 0.0642. The van der Waals surface area contributed by atoms with E-state index >= 15 is 0 Å². The molecular formula is C26H37Cl2PZr. The molecule has 2 aromatic carbocycles. The Labute approximate surface area is 205 Å². The standard InChI is InChI=1S/C21H32P.C5H5.2ClH.Zr/c1-3-5-7-11-15-22(16-12-8-6-4-2)21-17-19-13-9-10-14-20(19)18-21;1-2-4-5-3-1;;;/h9-10,13-14,17-18H,3-8,11-12,15-16H2,1-2H3;1-3H,4H2;2*1H;/q2*-1;;;+4/p-2. The normalized spacial score (nSPS) is 11.8. The summed E-state index contributed by atoms with van der Waals surface area (Å²) >= 11 is -0.826. The molecule has 3 rings (SSSR count). The molecule has 0 spiro atoms. The fourth-order valence-electron chi connectivity index (χ4n) is 3.49. The second kappa shape index (κ2) is 19.9. The number of hydrogen-bond donors (Lipinski definition) is 0. The maximum absolute atomic E-state index is 4.93. The van der Waals surface area contributed by atoms with Gasteiger partial charge in [-0.15, -0.1) is 46.8 Å². The molecule has 0 aliphatic heterocycles. The molecule has 0 saturated heterocycles. The first-order valence-electron chi connectivity index (χ1n) is 11.3. The SMILES string of the molecule is CCCCCCP(CCCCCC)c1cc2ccccc2[cH-]1.[C-]1=CC=CC1.[Cl][Zr+2][Cl]. The summed E-state index contributed by atoms with van der Waals surface area (Å²) in [6, 6.07) is 13.8. The van der Waals surface area contributed by atoms with Crippen LogP contribution in [0.1, 0.15) is 71.6 Å². The van der Waals surface area contributed by atoms with Crippen LogP contribution in [0.25, 0.3) is 10.8 Å². The molecular weight excluding hydrogens is 505 g/mol. The molecule has 0 N–H and O–H groups in total. The van der Waals surface area contributed by atoms with Gasteiger partial charge in [0.15, 0.2) is 0 Å². The fourth-order valence-corrected chi connectivity index (χ4v) is 6.08. The molecule has 0 radical (unpaired) electrons. The summed E-state index contributed by atoms with van der Waals surface area (Å²) in [5, 5.41) is 4.53. The van der Waals surface area contributed by atoms with E-state index in [1.807, 2.05) is 12.2 Å². The van der Waals surface area contributed by atoms with E-state index in [4.69, 9.17) is 17.0 Å². The van der Waals surface area contributed by atoms with Crippen LogP contribution in [0, 0.1) is 6.08 Å². The van der Waals surface area contributed by atoms with Gasteiger partial charge in [-0.1, -0.05) is 66.4 Å². The van der Waals surface area contributed by atoms with Crippen molar-refractivity contribution in [1.82, 2.24) is 0 Å². The summed E-state index contributed by atoms with van der Waals surface area (Å²) < 4.78 is 0. The van der Waals surface area contributed by atoms with E-state index in [-0.39, 0.29) is 7.92 Å². The molecule has 0 saturated carbocycles. The van der Waals surface area contributed by atoms with Crippen LogP contribution in [0.15, 0.2) is 54.6 Å². The Morgan fingerprint density at radius 1 is 0.967 bits per heavy atom. The average Bonchev–Trinajstić information content (AvgIpc) is 3.46. The zero-order valence-electron chi connectivity index (χ0n) is 18.7. The van der Waals surface area contributed by atoms with Crippen LogP contribution < -0.4 is 5.30 Å². The van der Waals surface area contributed by atoms with Gasteiger partial charge in [-0.2, -0.15) is 12.1 Å². The molecule has 2 aromatic rings. The van der Waals surface area contributed by atoms with E-state index in [0.29, 0.717) is 0 Å². The Bertz CT molecular complexity index is 653. The monoisotopic (exact) mass is 540 g/mol. The van der Waals surface area contributed by atoms with Crippen LogP contribution in [0.3, 0.4) is 0 Å². The summed E-state index contributed by atoms with van der Waals surface area (Å²) in [7, 11) is 9.93. The van der Waals surface area contributed by atoms with Crippen molar-refractivity contribution in [2.45, 2.75) is 71.6 Å². The van der Waals surface area contributed by atoms with Crippen LogP contribution >= 0.6 is 24.9 Å². The molecule has 0 unspecified atom stereocenters. The zero-order valence-corrected chi connectivity index (χ0v) is 23.5. The van der Waals surface area contributed by atoms with Crippen molar-refractivity contribution in [1.29, 1.82) is 0 Å². The van der Waals surface area contributed by atoms with E-state index in [1.165, 1.54) is 74.5 Å². The maximum atomic E-state index is 4.93. The third-order valence-electron chi connectivity index (χ3n) is 5.12. The van der Waals surface area contributed by atoms with Gasteiger partial charge < -0.3 is 0 Å². The summed E-state index contributed by atoms with van der Waals surface area (Å²) in [6.07, 6.45) is 24.1. The summed E-state index contributed by atoms with van der Waals surface area (Å²) in [5.41, 5.74) is 0. The van der Waals surface area contributed by atoms with Crippen molar-refractivity contribution < 1.29 is 20.8 Å². The molecule has 0 aromatic heterocycles. The Hall–Kier alpha value is 0.203. The van der Waals surface area contributed by atoms with Gasteiger partial charge in [-0.3, -0.25) is 6.08 Å². The second-order valence-electron chi connectivity index (χ2n) is 7.53. The molecule has 0 heterocycles. The first-order chi connectivity index (χ1) is 14.8. The first-order valence-corrected chi connectivity index (χ1v) is 19.4. The molecule has 0 bridgehead atoms. The number of benzene rings is 1. The number of unbranched alkanes of at least 4 members (excludes halogenated alkanes) is 6. The van der Waals surface area contributed by atoms with Gasteiger partial charge in [0.1, 0.15) is 0 Å². The van der Waals surface area contributed by atoms with E-state index < -0.39 is 20.8 Å². The van der Waals surface area contributed by atoms with Crippen LogP contribution in [0.4, 0.5) is 0 Å². The van der Waals surface area contributed by atoms with E-state index in [9.17, 15) is 0 Å². The van der Waals surface area contributed by atoms with E-state index in [1.54, 1.807) is 5.30 Å². The van der Waals surface area contributed by atoms with Crippen LogP contribution in [0.2, 0.25) is 0 Å². The van der Waals surface area contributed by atoms with E-state index in [2.05, 4.69) is 62.4 Å². The molecule has 0 amide bonds. The van der Waals surface area contributed by atoms with Gasteiger partial charge in [-0.05, 0) is 25.2 Å². The van der Waals surface area contributed by atoms with Crippen molar-refractivity contribution in [3.8, 4) is 0 Å². The van der Waals surface area contributed by atoms with E-state index in [0.717, 1.165) is 6.42 Å². The van der Waals surface area contributed by atoms with Crippen LogP contribution in [-0.2, 0) is 20.8 Å². The molecule has 4 heteroatoms. The van der Waals surface area contributed by atoms with Gasteiger partial charge in [-0.25, -0.2) is 12.2 Å². The van der Waals surface area contributed by atoms with Gasteiger partial charge in [0.25, 0.3) is 0 Å². The minimum atomic E-state index is -0.826. The van der Waals surface area contributed by atoms with Crippen molar-refractivity contribution >= 4 is 41.0 Å². The van der Waals surface area contributed by atoms with Crippen molar-refractivity contribution in [2.75, 3.05) is 12.3 Å². The summed E-state index contributed by atoms with van der Waals surface area (Å²) in [4.78, 5) is 0. The predicted molar refractivity (Wildman–Crippen MR) is 137 cm³/mol. The quantitative estimate of drug-likeness (QED) is 0.151. The second-order valence-corrected chi connectivity index (χ2v) is 13.7. The van der Waals surface area contributed by atoms with Gasteiger partial charge in [0.2, 0.25) is 0 Å². The van der Waals surface area contributed by atoms with Gasteiger partial charge in [0.05, 0.1) is 0 Å². The summed E-state index contributed by atoms with van der Waals surface area (Å²) in [6.45, 7) is 4.61. The number of rotatable bonds is 11. The topological polar surface area (TPSA) is 0 Å². The number of fused-ring (bicyclic) bond motifs is 1. The third-order valence-corrected chi connectivity index (χ3v) is 7.82. The molecule has 1 aliphatic carbocycles. The number of allylic oxidation sites excluding steroid dienone is 4. The van der Waals surface area contributed by atoms with Crippen LogP contribution in [0.5, 0.6) is 0 Å². The summed E-state index contributed by atoms with van der Waals surface area (Å²) in [5.74, 6) is 0. The fraction of sp³-hybridized carbons (Fsp3) is 0.500. The van der Waals surface area contributed by atoms with Gasteiger partial charge >= 0.3 is 37.9 Å².